The fourth-order valence-corrected chi connectivity index (χ4v) is 9.67. The van der Waals surface area contributed by atoms with Crippen LogP contribution >= 0.6 is 0 Å². The SMILES string of the molecule is C=C1C(Cc2cc3cc(C(C)(C)C)cc4c5cc(C(C)(C)C)ccc5n2c34)c2cc(C(C)(C)C)cc3c4ccc(N(c5ccccc5)c5ccc(C)cc5)cc4n1c23. The van der Waals surface area contributed by atoms with E-state index in [-0.39, 0.29) is 22.2 Å². The van der Waals surface area contributed by atoms with Crippen molar-refractivity contribution in [1.82, 2.24) is 8.97 Å². The molecule has 10 rings (SSSR count). The average molecular weight is 758 g/mol. The van der Waals surface area contributed by atoms with E-state index in [9.17, 15) is 0 Å². The van der Waals surface area contributed by atoms with Gasteiger partial charge < -0.3 is 13.9 Å². The Morgan fingerprint density at radius 2 is 1.14 bits per heavy atom. The second-order valence-electron chi connectivity index (χ2n) is 20.2. The Labute approximate surface area is 343 Å². The van der Waals surface area contributed by atoms with E-state index in [1.54, 1.807) is 0 Å². The molecule has 1 aliphatic rings. The van der Waals surface area contributed by atoms with Crippen molar-refractivity contribution in [3.05, 3.63) is 161 Å². The smallest absolute Gasteiger partial charge is 0.0611 e. The predicted octanol–water partition coefficient (Wildman–Crippen LogP) is 15.3. The second-order valence-corrected chi connectivity index (χ2v) is 20.2. The summed E-state index contributed by atoms with van der Waals surface area (Å²) >= 11 is 0. The molecule has 0 fully saturated rings. The molecule has 290 valence electrons. The Kier molecular flexibility index (Phi) is 7.78. The highest BCUT2D eigenvalue weighted by Crippen LogP contribution is 2.51. The van der Waals surface area contributed by atoms with Crippen molar-refractivity contribution in [2.24, 2.45) is 0 Å². The molecule has 9 aromatic rings. The highest BCUT2D eigenvalue weighted by Gasteiger charge is 2.35. The van der Waals surface area contributed by atoms with Gasteiger partial charge in [-0.05, 0) is 118 Å². The van der Waals surface area contributed by atoms with E-state index in [1.165, 1.54) is 82.5 Å². The first-order chi connectivity index (χ1) is 27.5. The Bertz CT molecular complexity index is 3090. The number of nitrogens with zero attached hydrogens (tertiary/aromatic N) is 3. The molecule has 0 radical (unpaired) electrons. The number of fused-ring (bicyclic) bond motifs is 6. The third-order valence-electron chi connectivity index (χ3n) is 13.0. The first kappa shape index (κ1) is 36.5. The van der Waals surface area contributed by atoms with Gasteiger partial charge in [0, 0.05) is 67.7 Å². The summed E-state index contributed by atoms with van der Waals surface area (Å²) in [6.45, 7) is 28.1. The fraction of sp³-hybridized carbons (Fsp3) is 0.273. The maximum atomic E-state index is 4.98. The minimum absolute atomic E-state index is 0.0111. The summed E-state index contributed by atoms with van der Waals surface area (Å²) in [6, 6.07) is 46.2. The van der Waals surface area contributed by atoms with Gasteiger partial charge in [-0.1, -0.05) is 123 Å². The summed E-state index contributed by atoms with van der Waals surface area (Å²) in [4.78, 5) is 2.38. The van der Waals surface area contributed by atoms with E-state index in [0.717, 1.165) is 29.2 Å². The maximum absolute atomic E-state index is 4.98. The molecule has 1 atom stereocenters. The number of hydrogen-bond acceptors (Lipinski definition) is 1. The van der Waals surface area contributed by atoms with Crippen LogP contribution in [0.2, 0.25) is 0 Å². The van der Waals surface area contributed by atoms with Crippen molar-refractivity contribution in [1.29, 1.82) is 0 Å². The molecule has 0 aliphatic carbocycles. The molecular formula is C55H55N3. The molecule has 0 N–H and O–H groups in total. The average Bonchev–Trinajstić information content (AvgIpc) is 3.89. The van der Waals surface area contributed by atoms with Crippen LogP contribution in [0.1, 0.15) is 102 Å². The van der Waals surface area contributed by atoms with Gasteiger partial charge in [0.15, 0.2) is 0 Å². The van der Waals surface area contributed by atoms with Crippen LogP contribution in [0, 0.1) is 6.92 Å². The van der Waals surface area contributed by atoms with Gasteiger partial charge in [0.05, 0.1) is 22.1 Å². The van der Waals surface area contributed by atoms with Crippen LogP contribution in [-0.2, 0) is 22.7 Å². The van der Waals surface area contributed by atoms with Gasteiger partial charge in [0.2, 0.25) is 0 Å². The van der Waals surface area contributed by atoms with E-state index >= 15 is 0 Å². The predicted molar refractivity (Wildman–Crippen MR) is 250 cm³/mol. The van der Waals surface area contributed by atoms with Crippen molar-refractivity contribution in [2.75, 3.05) is 4.90 Å². The maximum Gasteiger partial charge on any atom is 0.0611 e. The lowest BCUT2D eigenvalue weighted by Crippen LogP contribution is -2.12. The van der Waals surface area contributed by atoms with Gasteiger partial charge in [-0.25, -0.2) is 0 Å². The molecule has 0 spiro atoms. The number of allylic oxidation sites excluding steroid dienone is 1. The van der Waals surface area contributed by atoms with Crippen LogP contribution in [0.3, 0.4) is 0 Å². The molecule has 1 aliphatic heterocycles. The van der Waals surface area contributed by atoms with Gasteiger partial charge in [-0.15, -0.1) is 0 Å². The van der Waals surface area contributed by atoms with Crippen LogP contribution in [0.15, 0.2) is 128 Å². The van der Waals surface area contributed by atoms with Gasteiger partial charge in [0.1, 0.15) is 0 Å². The molecule has 3 nitrogen and oxygen atoms in total. The molecule has 6 aromatic carbocycles. The minimum atomic E-state index is -0.0111. The van der Waals surface area contributed by atoms with E-state index in [0.29, 0.717) is 0 Å². The monoisotopic (exact) mass is 757 g/mol. The lowest BCUT2D eigenvalue weighted by molar-refractivity contribution is 0.590. The van der Waals surface area contributed by atoms with Crippen LogP contribution in [-0.4, -0.2) is 8.97 Å². The summed E-state index contributed by atoms with van der Waals surface area (Å²) in [7, 11) is 0. The highest BCUT2D eigenvalue weighted by atomic mass is 15.1. The van der Waals surface area contributed by atoms with Crippen LogP contribution in [0.25, 0.3) is 54.7 Å². The second kappa shape index (κ2) is 12.4. The zero-order valence-electron chi connectivity index (χ0n) is 35.9. The quantitative estimate of drug-likeness (QED) is 0.170. The zero-order valence-corrected chi connectivity index (χ0v) is 35.9. The lowest BCUT2D eigenvalue weighted by atomic mass is 9.82. The van der Waals surface area contributed by atoms with Crippen molar-refractivity contribution in [3.8, 4) is 0 Å². The molecule has 58 heavy (non-hydrogen) atoms. The molecular weight excluding hydrogens is 703 g/mol. The summed E-state index contributed by atoms with van der Waals surface area (Å²) < 4.78 is 5.08. The third kappa shape index (κ3) is 5.53. The highest BCUT2D eigenvalue weighted by molar-refractivity contribution is 6.16. The number of hydrogen-bond donors (Lipinski definition) is 0. The Morgan fingerprint density at radius 1 is 0.534 bits per heavy atom. The third-order valence-corrected chi connectivity index (χ3v) is 13.0. The molecule has 0 saturated carbocycles. The first-order valence-corrected chi connectivity index (χ1v) is 21.1. The van der Waals surface area contributed by atoms with E-state index in [1.807, 2.05) is 0 Å². The van der Waals surface area contributed by atoms with Crippen molar-refractivity contribution in [3.63, 3.8) is 0 Å². The molecule has 1 unspecified atom stereocenters. The minimum Gasteiger partial charge on any atom is -0.313 e. The molecule has 3 heteroatoms. The number of para-hydroxylation sites is 1. The number of aryl methyl sites for hydroxylation is 1. The molecule has 0 saturated heterocycles. The number of aromatic nitrogens is 2. The topological polar surface area (TPSA) is 12.6 Å². The molecule has 4 heterocycles. The summed E-state index contributed by atoms with van der Waals surface area (Å²) in [5.41, 5.74) is 17.9. The van der Waals surface area contributed by atoms with E-state index in [4.69, 9.17) is 6.58 Å². The summed E-state index contributed by atoms with van der Waals surface area (Å²) in [6.07, 6.45) is 0.864. The number of rotatable bonds is 5. The largest absolute Gasteiger partial charge is 0.313 e. The van der Waals surface area contributed by atoms with E-state index in [2.05, 4.69) is 204 Å². The molecule has 0 amide bonds. The zero-order chi connectivity index (χ0) is 40.6. The Balaban J connectivity index is 1.18. The molecule has 3 aromatic heterocycles. The van der Waals surface area contributed by atoms with Gasteiger partial charge >= 0.3 is 0 Å². The number of anilines is 3. The van der Waals surface area contributed by atoms with Crippen molar-refractivity contribution < 1.29 is 0 Å². The van der Waals surface area contributed by atoms with Crippen LogP contribution in [0.4, 0.5) is 17.1 Å². The van der Waals surface area contributed by atoms with Gasteiger partial charge in [-0.3, -0.25) is 0 Å². The normalized spacial score (nSPS) is 15.0. The fourth-order valence-electron chi connectivity index (χ4n) is 9.67. The van der Waals surface area contributed by atoms with Crippen LogP contribution in [0.5, 0.6) is 0 Å². The standard InChI is InChI=1S/C55H55N3/c1-33-17-20-40(21-18-33)57(39-15-13-12-14-16-39)41-22-23-43-46-29-38(55(9,10)11)30-47-44(34(2)56(52(46)47)50(43)32-41)31-42-26-35-25-37(54(6,7)8)28-48-45-27-36(53(3,4)5)19-24-49(45)58(42)51(35)48/h12-30,32,44H,2,31H2,1,3-11H3. The van der Waals surface area contributed by atoms with Crippen molar-refractivity contribution in [2.45, 2.75) is 97.8 Å². The summed E-state index contributed by atoms with van der Waals surface area (Å²) in [5, 5.41) is 6.63. The first-order valence-electron chi connectivity index (χ1n) is 21.1. The molecule has 0 bridgehead atoms. The van der Waals surface area contributed by atoms with Gasteiger partial charge in [-0.2, -0.15) is 0 Å². The number of benzene rings is 6. The summed E-state index contributed by atoms with van der Waals surface area (Å²) in [5.74, 6) is 0.124. The lowest BCUT2D eigenvalue weighted by Gasteiger charge is -2.26. The van der Waals surface area contributed by atoms with Crippen molar-refractivity contribution >= 4 is 71.8 Å². The van der Waals surface area contributed by atoms with Gasteiger partial charge in [0.25, 0.3) is 0 Å². The Hall–Kier alpha value is -5.80. The van der Waals surface area contributed by atoms with Crippen LogP contribution < -0.4 is 4.90 Å². The Morgan fingerprint density at radius 3 is 1.81 bits per heavy atom. The van der Waals surface area contributed by atoms with E-state index < -0.39 is 0 Å².